The van der Waals surface area contributed by atoms with E-state index in [1.807, 2.05) is 0 Å². The van der Waals surface area contributed by atoms with Gasteiger partial charge >= 0.3 is 24.3 Å². The number of alkyl halides is 6. The topological polar surface area (TPSA) is 148 Å². The van der Waals surface area contributed by atoms with E-state index in [0.717, 1.165) is 24.3 Å². The van der Waals surface area contributed by atoms with Crippen LogP contribution in [-0.2, 0) is 21.8 Å². The second-order valence-corrected chi connectivity index (χ2v) is 12.0. The van der Waals surface area contributed by atoms with Gasteiger partial charge in [0.15, 0.2) is 0 Å². The average molecular weight is 830 g/mol. The third kappa shape index (κ3) is 8.38. The van der Waals surface area contributed by atoms with Gasteiger partial charge in [0.2, 0.25) is 0 Å². The Morgan fingerprint density at radius 3 is 1.15 bits per heavy atom. The van der Waals surface area contributed by atoms with Crippen molar-refractivity contribution in [1.29, 1.82) is 0 Å². The van der Waals surface area contributed by atoms with E-state index in [1.165, 1.54) is 13.8 Å². The molecule has 0 amide bonds. The van der Waals surface area contributed by atoms with Gasteiger partial charge in [-0.3, -0.25) is 20.2 Å². The summed E-state index contributed by atoms with van der Waals surface area (Å²) in [5, 5.41) is 21.1. The molecule has 0 unspecified atom stereocenters. The van der Waals surface area contributed by atoms with Crippen LogP contribution in [0.5, 0.6) is 11.5 Å². The van der Waals surface area contributed by atoms with Crippen LogP contribution in [0.25, 0.3) is 22.3 Å². The summed E-state index contributed by atoms with van der Waals surface area (Å²) in [6.45, 7) is 1.93. The Bertz CT molecular complexity index is 1980. The molecule has 4 aromatic carbocycles. The lowest BCUT2D eigenvalue weighted by molar-refractivity contribution is -0.385. The first-order valence-electron chi connectivity index (χ1n) is 14.4. The molecule has 0 fully saturated rings. The molecule has 0 heterocycles. The molecule has 0 bridgehead atoms. The van der Waals surface area contributed by atoms with E-state index in [-0.39, 0.29) is 13.2 Å². The van der Waals surface area contributed by atoms with Crippen molar-refractivity contribution in [2.75, 3.05) is 13.2 Å². The van der Waals surface area contributed by atoms with Gasteiger partial charge in [0.1, 0.15) is 22.6 Å². The number of nitro benzene ring substituents is 2. The number of nitro groups is 2. The minimum absolute atomic E-state index is 0.366. The summed E-state index contributed by atoms with van der Waals surface area (Å²) in [4.78, 5) is 48.9. The Hall–Kier alpha value is -4.84. The number of carbonyl (C=O) groups excluding carboxylic acids is 2. The quantitative estimate of drug-likeness (QED) is 0.0659. The molecule has 0 atom stereocenters. The van der Waals surface area contributed by atoms with Crippen LogP contribution in [0.3, 0.4) is 0 Å². The predicted octanol–water partition coefficient (Wildman–Crippen LogP) is 11.6. The molecule has 4 rings (SSSR count). The maximum Gasteiger partial charge on any atom is 0.416 e. The van der Waals surface area contributed by atoms with Crippen LogP contribution in [0.2, 0.25) is 20.1 Å². The smallest absolute Gasteiger partial charge is 0.416 e. The van der Waals surface area contributed by atoms with Gasteiger partial charge in [-0.15, -0.1) is 0 Å². The summed E-state index contributed by atoms with van der Waals surface area (Å²) in [6.07, 6.45) is -9.98. The van der Waals surface area contributed by atoms with Crippen molar-refractivity contribution >= 4 is 69.7 Å². The van der Waals surface area contributed by atoms with Crippen LogP contribution < -0.4 is 4.74 Å². The molecular weight excluding hydrogens is 812 g/mol. The largest absolute Gasteiger partial charge is 0.462 e. The molecule has 0 aliphatic heterocycles. The van der Waals surface area contributed by atoms with Gasteiger partial charge in [-0.25, -0.2) is 9.59 Å². The van der Waals surface area contributed by atoms with Crippen LogP contribution >= 0.6 is 46.4 Å². The molecule has 21 heteroatoms. The van der Waals surface area contributed by atoms with Crippen molar-refractivity contribution in [3.05, 3.63) is 111 Å². The normalized spacial score (nSPS) is 11.6. The fraction of sp³-hybridized carbons (Fsp3) is 0.188. The lowest BCUT2D eigenvalue weighted by atomic mass is 9.94. The molecule has 53 heavy (non-hydrogen) atoms. The second-order valence-electron chi connectivity index (χ2n) is 10.3. The molecule has 0 aromatic heterocycles. The van der Waals surface area contributed by atoms with Crippen LogP contribution in [0.1, 0.15) is 45.7 Å². The number of carbonyl (C=O) groups is 2. The summed E-state index contributed by atoms with van der Waals surface area (Å²) in [7, 11) is 0. The van der Waals surface area contributed by atoms with E-state index in [4.69, 9.17) is 60.6 Å². The van der Waals surface area contributed by atoms with Crippen molar-refractivity contribution in [1.82, 2.24) is 0 Å². The van der Waals surface area contributed by atoms with E-state index in [1.54, 1.807) is 0 Å². The van der Waals surface area contributed by atoms with Crippen LogP contribution in [-0.4, -0.2) is 35.0 Å². The number of hydrogen-bond donors (Lipinski definition) is 0. The predicted molar refractivity (Wildman–Crippen MR) is 179 cm³/mol. The zero-order valence-electron chi connectivity index (χ0n) is 26.4. The van der Waals surface area contributed by atoms with E-state index < -0.39 is 122 Å². The molecule has 11 nitrogen and oxygen atoms in total. The van der Waals surface area contributed by atoms with Gasteiger partial charge in [0.05, 0.1) is 54.3 Å². The fourth-order valence-corrected chi connectivity index (χ4v) is 6.36. The summed E-state index contributed by atoms with van der Waals surface area (Å²) >= 11 is 25.2. The fourth-order valence-electron chi connectivity index (χ4n) is 5.01. The molecule has 4 aromatic rings. The Morgan fingerprint density at radius 2 is 0.906 bits per heavy atom. The first-order chi connectivity index (χ1) is 24.6. The summed E-state index contributed by atoms with van der Waals surface area (Å²) < 4.78 is 98.0. The SMILES string of the molecule is CCOC(=O)c1c([N+](=O)[O-])ccc(Oc2ccc([N+](=O)[O-])c(C(=O)OCC)c2-c2c(Cl)cc(C(F)(F)F)cc2Cl)c1-c1c(Cl)cc(C(F)(F)F)cc1Cl. The minimum Gasteiger partial charge on any atom is -0.462 e. The van der Waals surface area contributed by atoms with Crippen molar-refractivity contribution in [2.45, 2.75) is 26.2 Å². The minimum atomic E-state index is -4.99. The maximum atomic E-state index is 13.7. The number of nitrogens with zero attached hydrogens (tertiary/aromatic N) is 2. The first-order valence-corrected chi connectivity index (χ1v) is 15.9. The highest BCUT2D eigenvalue weighted by Crippen LogP contribution is 2.52. The standard InChI is InChI=1S/C32H18Cl4F6N2O9/c1-3-51-29(45)25-19(43(47)48)5-7-21(27(25)23-15(33)9-13(10-16(23)34)31(37,38)39)53-22-8-6-20(44(49)50)26(30(46)52-4-2)28(22)24-17(35)11-14(12-18(24)36)32(40,41)42/h5-12H,3-4H2,1-2H3. The average Bonchev–Trinajstić information content (AvgIpc) is 3.03. The molecule has 0 N–H and O–H groups in total. The maximum absolute atomic E-state index is 13.7. The number of hydrogen-bond acceptors (Lipinski definition) is 9. The molecule has 280 valence electrons. The zero-order chi connectivity index (χ0) is 39.7. The highest BCUT2D eigenvalue weighted by atomic mass is 35.5. The number of ether oxygens (including phenoxy) is 3. The molecule has 0 radical (unpaired) electrons. The van der Waals surface area contributed by atoms with Gasteiger partial charge in [0.25, 0.3) is 11.4 Å². The Kier molecular flexibility index (Phi) is 12.1. The zero-order valence-corrected chi connectivity index (χ0v) is 29.4. The molecule has 0 aliphatic carbocycles. The summed E-state index contributed by atoms with van der Waals surface area (Å²) in [5.74, 6) is -4.16. The van der Waals surface area contributed by atoms with Gasteiger partial charge < -0.3 is 14.2 Å². The highest BCUT2D eigenvalue weighted by molar-refractivity contribution is 6.40. The van der Waals surface area contributed by atoms with Crippen molar-refractivity contribution < 1.29 is 60.0 Å². The second kappa shape index (κ2) is 15.6. The van der Waals surface area contributed by atoms with E-state index in [2.05, 4.69) is 0 Å². The molecule has 0 saturated heterocycles. The Labute approximate surface area is 313 Å². The van der Waals surface area contributed by atoms with Crippen LogP contribution in [0.15, 0.2) is 48.5 Å². The van der Waals surface area contributed by atoms with Gasteiger partial charge in [-0.05, 0) is 50.2 Å². The monoisotopic (exact) mass is 828 g/mol. The van der Waals surface area contributed by atoms with Crippen LogP contribution in [0.4, 0.5) is 37.7 Å². The first kappa shape index (κ1) is 40.9. The third-order valence-electron chi connectivity index (χ3n) is 7.10. The van der Waals surface area contributed by atoms with Gasteiger partial charge in [-0.1, -0.05) is 46.4 Å². The third-order valence-corrected chi connectivity index (χ3v) is 8.29. The van der Waals surface area contributed by atoms with Crippen molar-refractivity contribution in [3.63, 3.8) is 0 Å². The van der Waals surface area contributed by atoms with E-state index in [0.29, 0.717) is 24.3 Å². The molecule has 0 saturated carbocycles. The van der Waals surface area contributed by atoms with Crippen LogP contribution in [0, 0.1) is 20.2 Å². The lowest BCUT2D eigenvalue weighted by Gasteiger charge is -2.21. The number of halogens is 10. The van der Waals surface area contributed by atoms with E-state index in [9.17, 15) is 56.2 Å². The molecule has 0 aliphatic rings. The van der Waals surface area contributed by atoms with Gasteiger partial charge in [0, 0.05) is 34.4 Å². The van der Waals surface area contributed by atoms with Crippen molar-refractivity contribution in [2.24, 2.45) is 0 Å². The number of esters is 2. The van der Waals surface area contributed by atoms with E-state index >= 15 is 0 Å². The lowest BCUT2D eigenvalue weighted by Crippen LogP contribution is -2.13. The Morgan fingerprint density at radius 1 is 0.604 bits per heavy atom. The summed E-state index contributed by atoms with van der Waals surface area (Å²) in [6, 6.07) is 4.74. The summed E-state index contributed by atoms with van der Waals surface area (Å²) in [5.41, 5.74) is -9.22. The van der Waals surface area contributed by atoms with Crippen molar-refractivity contribution in [3.8, 4) is 33.8 Å². The number of rotatable bonds is 10. The molecule has 0 spiro atoms. The highest BCUT2D eigenvalue weighted by Gasteiger charge is 2.38. The Balaban J connectivity index is 2.22. The molecular formula is C32H18Cl4F6N2O9. The number of benzene rings is 4. The van der Waals surface area contributed by atoms with Gasteiger partial charge in [-0.2, -0.15) is 26.3 Å².